The van der Waals surface area contributed by atoms with Gasteiger partial charge in [-0.15, -0.1) is 0 Å². The summed E-state index contributed by atoms with van der Waals surface area (Å²) in [5.41, 5.74) is 0.231. The molecule has 0 atom stereocenters. The average Bonchev–Trinajstić information content (AvgIpc) is 1.94. The number of hydrogen-bond acceptors (Lipinski definition) is 1. The highest BCUT2D eigenvalue weighted by Crippen LogP contribution is 2.20. The molecule has 0 saturated carbocycles. The molecule has 66 valence electrons. The molecule has 0 saturated heterocycles. The third-order valence-electron chi connectivity index (χ3n) is 1.23. The van der Waals surface area contributed by atoms with E-state index in [2.05, 4.69) is 20.9 Å². The van der Waals surface area contributed by atoms with Crippen LogP contribution in [0.25, 0.3) is 0 Å². The topological polar surface area (TPSA) is 12.9 Å². The zero-order valence-corrected chi connectivity index (χ0v) is 8.24. The molecule has 1 rings (SSSR count). The van der Waals surface area contributed by atoms with E-state index in [9.17, 15) is 8.78 Å². The lowest BCUT2D eigenvalue weighted by molar-refractivity contribution is 0.148. The molecule has 1 aromatic heterocycles. The fourth-order valence-corrected chi connectivity index (χ4v) is 1.45. The van der Waals surface area contributed by atoms with E-state index in [0.29, 0.717) is 4.47 Å². The lowest BCUT2D eigenvalue weighted by Crippen LogP contribution is -1.99. The molecule has 0 fully saturated rings. The van der Waals surface area contributed by atoms with Crippen LogP contribution in [0.5, 0.6) is 0 Å². The molecular formula is C7H5BrClF2N. The van der Waals surface area contributed by atoms with Crippen molar-refractivity contribution in [2.45, 2.75) is 12.8 Å². The first-order valence-corrected chi connectivity index (χ1v) is 4.34. The van der Waals surface area contributed by atoms with Crippen molar-refractivity contribution in [2.24, 2.45) is 0 Å². The molecule has 0 aromatic carbocycles. The fraction of sp³-hybridized carbons (Fsp3) is 0.286. The molecule has 12 heavy (non-hydrogen) atoms. The first-order valence-electron chi connectivity index (χ1n) is 3.17. The third-order valence-corrected chi connectivity index (χ3v) is 1.99. The maximum absolute atomic E-state index is 11.9. The Balaban J connectivity index is 2.86. The molecule has 0 spiro atoms. The maximum atomic E-state index is 11.9. The number of halogens is 4. The van der Waals surface area contributed by atoms with Gasteiger partial charge in [0, 0.05) is 10.7 Å². The van der Waals surface area contributed by atoms with E-state index in [1.807, 2.05) is 0 Å². The molecule has 0 unspecified atom stereocenters. The van der Waals surface area contributed by atoms with Crippen LogP contribution >= 0.6 is 27.5 Å². The maximum Gasteiger partial charge on any atom is 0.244 e. The minimum atomic E-state index is -2.41. The first-order chi connectivity index (χ1) is 5.59. The highest BCUT2D eigenvalue weighted by atomic mass is 79.9. The molecule has 0 radical (unpaired) electrons. The molecule has 1 aromatic rings. The van der Waals surface area contributed by atoms with Gasteiger partial charge in [-0.25, -0.2) is 8.78 Å². The minimum absolute atomic E-state index is 0.231. The molecule has 0 aliphatic heterocycles. The summed E-state index contributed by atoms with van der Waals surface area (Å²) in [4.78, 5) is 3.76. The summed E-state index contributed by atoms with van der Waals surface area (Å²) in [7, 11) is 0. The van der Waals surface area contributed by atoms with Crippen LogP contribution < -0.4 is 0 Å². The number of pyridine rings is 1. The summed E-state index contributed by atoms with van der Waals surface area (Å²) < 4.78 is 24.5. The van der Waals surface area contributed by atoms with Crippen molar-refractivity contribution < 1.29 is 8.78 Å². The highest BCUT2D eigenvalue weighted by molar-refractivity contribution is 9.10. The van der Waals surface area contributed by atoms with Gasteiger partial charge in [-0.2, -0.15) is 0 Å². The molecule has 0 amide bonds. The van der Waals surface area contributed by atoms with Gasteiger partial charge in [0.15, 0.2) is 0 Å². The lowest BCUT2D eigenvalue weighted by atomic mass is 10.3. The number of rotatable bonds is 2. The van der Waals surface area contributed by atoms with Gasteiger partial charge in [0.25, 0.3) is 0 Å². The molecule has 5 heteroatoms. The van der Waals surface area contributed by atoms with Gasteiger partial charge in [0.05, 0.1) is 17.1 Å². The monoisotopic (exact) mass is 255 g/mol. The third kappa shape index (κ3) is 2.68. The molecule has 0 bridgehead atoms. The van der Waals surface area contributed by atoms with Crippen LogP contribution in [-0.4, -0.2) is 11.4 Å². The molecular weight excluding hydrogens is 251 g/mol. The highest BCUT2D eigenvalue weighted by Gasteiger charge is 2.09. The predicted octanol–water partition coefficient (Wildman–Crippen LogP) is 3.31. The lowest BCUT2D eigenvalue weighted by Gasteiger charge is -2.01. The van der Waals surface area contributed by atoms with Gasteiger partial charge in [-0.3, -0.25) is 4.98 Å². The Kier molecular flexibility index (Phi) is 3.40. The zero-order valence-electron chi connectivity index (χ0n) is 5.90. The second-order valence-corrected chi connectivity index (χ2v) is 3.50. The van der Waals surface area contributed by atoms with E-state index in [-0.39, 0.29) is 10.7 Å². The largest absolute Gasteiger partial charge is 0.258 e. The quantitative estimate of drug-likeness (QED) is 0.791. The van der Waals surface area contributed by atoms with E-state index in [0.717, 1.165) is 0 Å². The number of alkyl halides is 2. The second kappa shape index (κ2) is 4.14. The second-order valence-electron chi connectivity index (χ2n) is 2.18. The molecule has 1 nitrogen and oxygen atoms in total. The summed E-state index contributed by atoms with van der Waals surface area (Å²) in [6.07, 6.45) is -1.36. The Labute approximate surface area is 81.9 Å². The summed E-state index contributed by atoms with van der Waals surface area (Å²) in [5, 5.41) is 0.268. The van der Waals surface area contributed by atoms with Gasteiger partial charge in [0.2, 0.25) is 6.43 Å². The van der Waals surface area contributed by atoms with Crippen LogP contribution in [0.4, 0.5) is 8.78 Å². The zero-order chi connectivity index (χ0) is 9.14. The van der Waals surface area contributed by atoms with Crippen molar-refractivity contribution in [2.75, 3.05) is 0 Å². The van der Waals surface area contributed by atoms with E-state index in [1.165, 1.54) is 6.20 Å². The Morgan fingerprint density at radius 2 is 2.25 bits per heavy atom. The fourth-order valence-electron chi connectivity index (χ4n) is 0.739. The van der Waals surface area contributed by atoms with Crippen molar-refractivity contribution in [3.8, 4) is 0 Å². The Hall–Kier alpha value is -0.220. The van der Waals surface area contributed by atoms with Crippen molar-refractivity contribution in [1.82, 2.24) is 4.98 Å². The summed E-state index contributed by atoms with van der Waals surface area (Å²) in [5.74, 6) is 0. The van der Waals surface area contributed by atoms with Gasteiger partial charge in [-0.1, -0.05) is 11.6 Å². The van der Waals surface area contributed by atoms with Crippen molar-refractivity contribution in [1.29, 1.82) is 0 Å². The van der Waals surface area contributed by atoms with Crippen LogP contribution in [0.3, 0.4) is 0 Å². The van der Waals surface area contributed by atoms with Crippen molar-refractivity contribution >= 4 is 27.5 Å². The standard InChI is InChI=1S/C7H5BrClF2N/c8-4-1-5(9)6(12-3-4)2-7(10)11/h1,3,7H,2H2. The van der Waals surface area contributed by atoms with Crippen LogP contribution in [0.2, 0.25) is 5.02 Å². The predicted molar refractivity (Wildman–Crippen MR) is 46.7 cm³/mol. The smallest absolute Gasteiger partial charge is 0.244 e. The summed E-state index contributed by atoms with van der Waals surface area (Å²) >= 11 is 8.78. The van der Waals surface area contributed by atoms with Crippen LogP contribution in [0, 0.1) is 0 Å². The van der Waals surface area contributed by atoms with Crippen LogP contribution in [-0.2, 0) is 6.42 Å². The van der Waals surface area contributed by atoms with E-state index in [4.69, 9.17) is 11.6 Å². The van der Waals surface area contributed by atoms with E-state index < -0.39 is 12.8 Å². The van der Waals surface area contributed by atoms with Gasteiger partial charge < -0.3 is 0 Å². The number of hydrogen-bond donors (Lipinski definition) is 0. The van der Waals surface area contributed by atoms with Gasteiger partial charge in [-0.05, 0) is 22.0 Å². The first kappa shape index (κ1) is 9.86. The van der Waals surface area contributed by atoms with E-state index >= 15 is 0 Å². The van der Waals surface area contributed by atoms with E-state index in [1.54, 1.807) is 6.07 Å². The van der Waals surface area contributed by atoms with Crippen LogP contribution in [0.1, 0.15) is 5.69 Å². The molecule has 1 heterocycles. The average molecular weight is 256 g/mol. The molecule has 0 aliphatic rings. The van der Waals surface area contributed by atoms with Gasteiger partial charge in [0.1, 0.15) is 0 Å². The Morgan fingerprint density at radius 3 is 2.75 bits per heavy atom. The number of aromatic nitrogens is 1. The summed E-state index contributed by atoms with van der Waals surface area (Å²) in [6.45, 7) is 0. The van der Waals surface area contributed by atoms with Crippen molar-refractivity contribution in [3.05, 3.63) is 27.5 Å². The Bertz CT molecular complexity index is 280. The van der Waals surface area contributed by atoms with Gasteiger partial charge >= 0.3 is 0 Å². The summed E-state index contributed by atoms with van der Waals surface area (Å²) in [6, 6.07) is 1.55. The van der Waals surface area contributed by atoms with Crippen LogP contribution in [0.15, 0.2) is 16.7 Å². The molecule has 0 aliphatic carbocycles. The number of nitrogens with zero attached hydrogens (tertiary/aromatic N) is 1. The van der Waals surface area contributed by atoms with Crippen molar-refractivity contribution in [3.63, 3.8) is 0 Å². The minimum Gasteiger partial charge on any atom is -0.258 e. The molecule has 0 N–H and O–H groups in total. The Morgan fingerprint density at radius 1 is 1.58 bits per heavy atom. The normalized spacial score (nSPS) is 10.8. The SMILES string of the molecule is FC(F)Cc1ncc(Br)cc1Cl.